The first-order chi connectivity index (χ1) is 14.2. The summed E-state index contributed by atoms with van der Waals surface area (Å²) in [5.74, 6) is -0.423. The SMILES string of the molecule is O=C(Cc1csc(-c2cccc(F)c2)n1)Nc1ccccc1Cc1ccccc1. The number of aromatic nitrogens is 1. The highest BCUT2D eigenvalue weighted by molar-refractivity contribution is 7.13. The molecule has 0 saturated carbocycles. The molecule has 0 radical (unpaired) electrons. The summed E-state index contributed by atoms with van der Waals surface area (Å²) in [4.78, 5) is 17.1. The standard InChI is InChI=1S/C24H19FN2OS/c25-20-11-6-10-19(14-20)24-26-21(16-29-24)15-23(28)27-22-12-5-4-9-18(22)13-17-7-2-1-3-8-17/h1-12,14,16H,13,15H2,(H,27,28). The molecule has 4 rings (SSSR count). The van der Waals surface area contributed by atoms with Gasteiger partial charge in [0.15, 0.2) is 0 Å². The van der Waals surface area contributed by atoms with E-state index >= 15 is 0 Å². The van der Waals surface area contributed by atoms with E-state index in [1.807, 2.05) is 53.9 Å². The molecule has 4 aromatic rings. The fourth-order valence-corrected chi connectivity index (χ4v) is 3.93. The molecule has 5 heteroatoms. The van der Waals surface area contributed by atoms with Crippen molar-refractivity contribution in [1.29, 1.82) is 0 Å². The maximum atomic E-state index is 13.4. The largest absolute Gasteiger partial charge is 0.325 e. The van der Waals surface area contributed by atoms with Crippen molar-refractivity contribution >= 4 is 22.9 Å². The van der Waals surface area contributed by atoms with E-state index in [1.54, 1.807) is 6.07 Å². The predicted octanol–water partition coefficient (Wildman–Crippen LogP) is 5.72. The molecule has 0 fully saturated rings. The summed E-state index contributed by atoms with van der Waals surface area (Å²) in [5.41, 5.74) is 4.45. The molecule has 0 aliphatic carbocycles. The molecule has 3 nitrogen and oxygen atoms in total. The molecule has 144 valence electrons. The minimum absolute atomic E-state index is 0.124. The van der Waals surface area contributed by atoms with Crippen molar-refractivity contribution < 1.29 is 9.18 Å². The van der Waals surface area contributed by atoms with Gasteiger partial charge in [-0.1, -0.05) is 60.7 Å². The summed E-state index contributed by atoms with van der Waals surface area (Å²) in [6.07, 6.45) is 0.920. The number of benzene rings is 3. The Morgan fingerprint density at radius 3 is 2.59 bits per heavy atom. The number of nitrogens with one attached hydrogen (secondary N) is 1. The van der Waals surface area contributed by atoms with Crippen LogP contribution in [-0.4, -0.2) is 10.9 Å². The highest BCUT2D eigenvalue weighted by Crippen LogP contribution is 2.25. The lowest BCUT2D eigenvalue weighted by atomic mass is 10.0. The average molecular weight is 402 g/mol. The van der Waals surface area contributed by atoms with Gasteiger partial charge in [-0.2, -0.15) is 0 Å². The molecular weight excluding hydrogens is 383 g/mol. The molecule has 3 aromatic carbocycles. The number of rotatable bonds is 6. The highest BCUT2D eigenvalue weighted by Gasteiger charge is 2.12. The van der Waals surface area contributed by atoms with Crippen LogP contribution < -0.4 is 5.32 Å². The molecule has 0 unspecified atom stereocenters. The van der Waals surface area contributed by atoms with Gasteiger partial charge >= 0.3 is 0 Å². The molecule has 0 bridgehead atoms. The summed E-state index contributed by atoms with van der Waals surface area (Å²) >= 11 is 1.41. The molecule has 1 heterocycles. The number of halogens is 1. The Bertz CT molecular complexity index is 1120. The Morgan fingerprint density at radius 1 is 0.966 bits per heavy atom. The van der Waals surface area contributed by atoms with E-state index in [-0.39, 0.29) is 18.1 Å². The van der Waals surface area contributed by atoms with E-state index < -0.39 is 0 Å². The Morgan fingerprint density at radius 2 is 1.76 bits per heavy atom. The zero-order chi connectivity index (χ0) is 20.1. The van der Waals surface area contributed by atoms with Crippen LogP contribution in [0.4, 0.5) is 10.1 Å². The third-order valence-corrected chi connectivity index (χ3v) is 5.43. The number of nitrogens with zero attached hydrogens (tertiary/aromatic N) is 1. The number of para-hydroxylation sites is 1. The van der Waals surface area contributed by atoms with Gasteiger partial charge in [0.25, 0.3) is 0 Å². The number of hydrogen-bond acceptors (Lipinski definition) is 3. The quantitative estimate of drug-likeness (QED) is 0.448. The van der Waals surface area contributed by atoms with Crippen molar-refractivity contribution in [3.8, 4) is 10.6 Å². The minimum atomic E-state index is -0.299. The van der Waals surface area contributed by atoms with E-state index in [4.69, 9.17) is 0 Å². The topological polar surface area (TPSA) is 42.0 Å². The van der Waals surface area contributed by atoms with Gasteiger partial charge in [-0.25, -0.2) is 9.37 Å². The van der Waals surface area contributed by atoms with Gasteiger partial charge in [0.05, 0.1) is 12.1 Å². The third-order valence-electron chi connectivity index (χ3n) is 4.49. The Kier molecular flexibility index (Phi) is 5.77. The van der Waals surface area contributed by atoms with Crippen molar-refractivity contribution in [3.63, 3.8) is 0 Å². The molecule has 1 N–H and O–H groups in total. The number of hydrogen-bond donors (Lipinski definition) is 1. The lowest BCUT2D eigenvalue weighted by Crippen LogP contribution is -2.16. The average Bonchev–Trinajstić information content (AvgIpc) is 3.19. The Balaban J connectivity index is 1.44. The summed E-state index contributed by atoms with van der Waals surface area (Å²) in [7, 11) is 0. The van der Waals surface area contributed by atoms with Crippen LogP contribution in [-0.2, 0) is 17.6 Å². The second kappa shape index (κ2) is 8.80. The lowest BCUT2D eigenvalue weighted by Gasteiger charge is -2.11. The maximum absolute atomic E-state index is 13.4. The first-order valence-corrected chi connectivity index (χ1v) is 10.2. The van der Waals surface area contributed by atoms with Crippen LogP contribution in [0.3, 0.4) is 0 Å². The number of thiazole rings is 1. The zero-order valence-electron chi connectivity index (χ0n) is 15.6. The Hall–Kier alpha value is -3.31. The second-order valence-corrected chi connectivity index (χ2v) is 7.56. The fraction of sp³-hybridized carbons (Fsp3) is 0.0833. The van der Waals surface area contributed by atoms with Crippen LogP contribution >= 0.6 is 11.3 Å². The first kappa shape index (κ1) is 19.0. The van der Waals surface area contributed by atoms with E-state index in [0.717, 1.165) is 23.2 Å². The van der Waals surface area contributed by atoms with Gasteiger partial charge < -0.3 is 5.32 Å². The van der Waals surface area contributed by atoms with Gasteiger partial charge in [-0.05, 0) is 35.7 Å². The van der Waals surface area contributed by atoms with Crippen LogP contribution in [0.5, 0.6) is 0 Å². The summed E-state index contributed by atoms with van der Waals surface area (Å²) in [6, 6.07) is 24.3. The molecule has 0 saturated heterocycles. The van der Waals surface area contributed by atoms with Crippen molar-refractivity contribution in [1.82, 2.24) is 4.98 Å². The van der Waals surface area contributed by atoms with Gasteiger partial charge in [0.2, 0.25) is 5.91 Å². The van der Waals surface area contributed by atoms with Crippen molar-refractivity contribution in [2.45, 2.75) is 12.8 Å². The van der Waals surface area contributed by atoms with Crippen LogP contribution in [0.25, 0.3) is 10.6 Å². The van der Waals surface area contributed by atoms with E-state index in [9.17, 15) is 9.18 Å². The van der Waals surface area contributed by atoms with Crippen molar-refractivity contribution in [2.75, 3.05) is 5.32 Å². The molecule has 0 atom stereocenters. The Labute approximate surface area is 172 Å². The summed E-state index contributed by atoms with van der Waals surface area (Å²) < 4.78 is 13.4. The highest BCUT2D eigenvalue weighted by atomic mass is 32.1. The first-order valence-electron chi connectivity index (χ1n) is 9.29. The van der Waals surface area contributed by atoms with Crippen molar-refractivity contribution in [2.24, 2.45) is 0 Å². The van der Waals surface area contributed by atoms with E-state index in [0.29, 0.717) is 10.7 Å². The van der Waals surface area contributed by atoms with Crippen molar-refractivity contribution in [3.05, 3.63) is 107 Å². The minimum Gasteiger partial charge on any atom is -0.325 e. The maximum Gasteiger partial charge on any atom is 0.230 e. The van der Waals surface area contributed by atoms with E-state index in [2.05, 4.69) is 22.4 Å². The molecule has 0 aliphatic rings. The zero-order valence-corrected chi connectivity index (χ0v) is 16.5. The molecule has 0 aliphatic heterocycles. The predicted molar refractivity (Wildman–Crippen MR) is 116 cm³/mol. The van der Waals surface area contributed by atoms with Crippen LogP contribution in [0.1, 0.15) is 16.8 Å². The molecular formula is C24H19FN2OS. The van der Waals surface area contributed by atoms with Crippen LogP contribution in [0.2, 0.25) is 0 Å². The fourth-order valence-electron chi connectivity index (χ4n) is 3.11. The molecule has 1 amide bonds. The monoisotopic (exact) mass is 402 g/mol. The molecule has 1 aromatic heterocycles. The number of carbonyl (C=O) groups excluding carboxylic acids is 1. The number of carbonyl (C=O) groups is 1. The van der Waals surface area contributed by atoms with Gasteiger partial charge in [0, 0.05) is 16.6 Å². The summed E-state index contributed by atoms with van der Waals surface area (Å²) in [5, 5.41) is 5.55. The number of anilines is 1. The van der Waals surface area contributed by atoms with E-state index in [1.165, 1.54) is 29.0 Å². The third kappa shape index (κ3) is 4.95. The smallest absolute Gasteiger partial charge is 0.230 e. The molecule has 29 heavy (non-hydrogen) atoms. The van der Waals surface area contributed by atoms with Gasteiger partial charge in [0.1, 0.15) is 10.8 Å². The van der Waals surface area contributed by atoms with Gasteiger partial charge in [-0.3, -0.25) is 4.79 Å². The molecule has 0 spiro atoms. The summed E-state index contributed by atoms with van der Waals surface area (Å²) in [6.45, 7) is 0. The van der Waals surface area contributed by atoms with Crippen LogP contribution in [0, 0.1) is 5.82 Å². The normalized spacial score (nSPS) is 10.7. The van der Waals surface area contributed by atoms with Crippen LogP contribution in [0.15, 0.2) is 84.2 Å². The van der Waals surface area contributed by atoms with Gasteiger partial charge in [-0.15, -0.1) is 11.3 Å². The lowest BCUT2D eigenvalue weighted by molar-refractivity contribution is -0.115. The number of amides is 1. The second-order valence-electron chi connectivity index (χ2n) is 6.70.